The summed E-state index contributed by atoms with van der Waals surface area (Å²) in [5, 5.41) is 4.60. The third-order valence-electron chi connectivity index (χ3n) is 5.59. The average molecular weight is 437 g/mol. The van der Waals surface area contributed by atoms with Gasteiger partial charge in [-0.2, -0.15) is 0 Å². The van der Waals surface area contributed by atoms with Gasteiger partial charge in [0, 0.05) is 52.7 Å². The normalized spacial score (nSPS) is 23.9. The van der Waals surface area contributed by atoms with Crippen LogP contribution in [0.15, 0.2) is 50.9 Å². The molecule has 1 aliphatic carbocycles. The minimum atomic E-state index is 0.114. The molecule has 0 aromatic heterocycles. The molecule has 0 bridgehead atoms. The summed E-state index contributed by atoms with van der Waals surface area (Å²) in [5.74, 6) is 1.25. The number of hydrogen-bond acceptors (Lipinski definition) is 4. The number of hydrogen-bond donors (Lipinski definition) is 1. The SMILES string of the molecule is CC[S+](C)c1ccccc1C(=O)N1CCN(C2NC3=C(C=C(Cl)CC3)S2)CC1. The van der Waals surface area contributed by atoms with E-state index in [9.17, 15) is 4.79 Å². The molecule has 1 aromatic rings. The highest BCUT2D eigenvalue weighted by Crippen LogP contribution is 2.40. The average Bonchev–Trinajstić information content (AvgIpc) is 3.16. The van der Waals surface area contributed by atoms with E-state index in [0.717, 1.165) is 55.4 Å². The number of thioether (sulfide) groups is 1. The second kappa shape index (κ2) is 8.74. The molecule has 1 saturated heterocycles. The van der Waals surface area contributed by atoms with Crippen LogP contribution >= 0.6 is 23.4 Å². The van der Waals surface area contributed by atoms with Gasteiger partial charge in [0.1, 0.15) is 17.5 Å². The Balaban J connectivity index is 1.37. The highest BCUT2D eigenvalue weighted by Gasteiger charge is 2.34. The molecule has 2 atom stereocenters. The van der Waals surface area contributed by atoms with E-state index in [-0.39, 0.29) is 22.3 Å². The molecule has 2 unspecified atom stereocenters. The molecule has 3 aliphatic rings. The number of nitrogens with zero attached hydrogens (tertiary/aromatic N) is 2. The molecule has 0 radical (unpaired) electrons. The molecule has 150 valence electrons. The van der Waals surface area contributed by atoms with Crippen molar-refractivity contribution in [3.8, 4) is 0 Å². The fraction of sp³-hybridized carbons (Fsp3) is 0.476. The molecule has 2 aliphatic heterocycles. The lowest BCUT2D eigenvalue weighted by Gasteiger charge is -2.37. The van der Waals surface area contributed by atoms with Crippen molar-refractivity contribution in [1.29, 1.82) is 0 Å². The predicted octanol–water partition coefficient (Wildman–Crippen LogP) is 3.82. The summed E-state index contributed by atoms with van der Waals surface area (Å²) in [6.45, 7) is 5.52. The van der Waals surface area contributed by atoms with Crippen LogP contribution in [0.5, 0.6) is 0 Å². The first kappa shape index (κ1) is 20.2. The van der Waals surface area contributed by atoms with Gasteiger partial charge in [0.05, 0.1) is 5.56 Å². The van der Waals surface area contributed by atoms with E-state index >= 15 is 0 Å². The maximum atomic E-state index is 13.2. The number of nitrogens with one attached hydrogen (secondary N) is 1. The molecule has 28 heavy (non-hydrogen) atoms. The van der Waals surface area contributed by atoms with Gasteiger partial charge in [-0.15, -0.1) is 0 Å². The molecule has 4 nitrogen and oxygen atoms in total. The van der Waals surface area contributed by atoms with Crippen LogP contribution in [-0.2, 0) is 10.9 Å². The Labute approximate surface area is 179 Å². The van der Waals surface area contributed by atoms with Gasteiger partial charge < -0.3 is 10.2 Å². The molecule has 1 aromatic carbocycles. The van der Waals surface area contributed by atoms with E-state index in [0.29, 0.717) is 0 Å². The van der Waals surface area contributed by atoms with Crippen molar-refractivity contribution in [3.63, 3.8) is 0 Å². The Kier molecular flexibility index (Phi) is 6.30. The quantitative estimate of drug-likeness (QED) is 0.728. The third kappa shape index (κ3) is 4.11. The van der Waals surface area contributed by atoms with Crippen LogP contribution in [0, 0.1) is 0 Å². The van der Waals surface area contributed by atoms with E-state index in [1.165, 1.54) is 15.5 Å². The van der Waals surface area contributed by atoms with Crippen molar-refractivity contribution in [2.75, 3.05) is 38.2 Å². The molecule has 1 amide bonds. The second-order valence-electron chi connectivity index (χ2n) is 7.30. The summed E-state index contributed by atoms with van der Waals surface area (Å²) in [6, 6.07) is 8.13. The molecule has 7 heteroatoms. The zero-order chi connectivity index (χ0) is 19.7. The van der Waals surface area contributed by atoms with E-state index in [2.05, 4.69) is 35.5 Å². The van der Waals surface area contributed by atoms with Crippen LogP contribution in [0.1, 0.15) is 30.1 Å². The predicted molar refractivity (Wildman–Crippen MR) is 121 cm³/mol. The molecule has 1 fully saturated rings. The fourth-order valence-corrected chi connectivity index (χ4v) is 6.55. The molecule has 4 rings (SSSR count). The molecule has 2 heterocycles. The minimum absolute atomic E-state index is 0.114. The van der Waals surface area contributed by atoms with Gasteiger partial charge in [0.25, 0.3) is 5.91 Å². The molecular formula is C21H27ClN3OS2+. The first-order valence-corrected chi connectivity index (χ1v) is 12.9. The Morgan fingerprint density at radius 1 is 1.25 bits per heavy atom. The number of amides is 1. The van der Waals surface area contributed by atoms with Gasteiger partial charge in [-0.1, -0.05) is 35.5 Å². The van der Waals surface area contributed by atoms with Crippen LogP contribution in [0.2, 0.25) is 0 Å². The van der Waals surface area contributed by atoms with Crippen molar-refractivity contribution < 1.29 is 4.79 Å². The lowest BCUT2D eigenvalue weighted by atomic mass is 10.1. The summed E-state index contributed by atoms with van der Waals surface area (Å²) in [4.78, 5) is 20.1. The largest absolute Gasteiger partial charge is 0.363 e. The van der Waals surface area contributed by atoms with Crippen LogP contribution < -0.4 is 5.32 Å². The number of allylic oxidation sites excluding steroid dienone is 3. The number of piperazine rings is 1. The number of halogens is 1. The fourth-order valence-electron chi connectivity index (χ4n) is 3.81. The Hall–Kier alpha value is -1.08. The maximum absolute atomic E-state index is 13.2. The summed E-state index contributed by atoms with van der Waals surface area (Å²) in [7, 11) is 0.114. The number of rotatable bonds is 4. The van der Waals surface area contributed by atoms with Gasteiger partial charge in [0.15, 0.2) is 4.90 Å². The van der Waals surface area contributed by atoms with Crippen molar-refractivity contribution in [2.24, 2.45) is 0 Å². The van der Waals surface area contributed by atoms with Crippen molar-refractivity contribution >= 4 is 40.2 Å². The molecule has 0 spiro atoms. The van der Waals surface area contributed by atoms with Crippen LogP contribution in [0.25, 0.3) is 0 Å². The third-order valence-corrected chi connectivity index (χ3v) is 9.12. The van der Waals surface area contributed by atoms with Gasteiger partial charge in [-0.25, -0.2) is 0 Å². The van der Waals surface area contributed by atoms with E-state index in [1.807, 2.05) is 34.9 Å². The zero-order valence-electron chi connectivity index (χ0n) is 16.4. The summed E-state index contributed by atoms with van der Waals surface area (Å²) in [6.07, 6.45) is 6.26. The van der Waals surface area contributed by atoms with Gasteiger partial charge in [-0.3, -0.25) is 9.69 Å². The van der Waals surface area contributed by atoms with Gasteiger partial charge in [0.2, 0.25) is 0 Å². The molecule has 1 N–H and O–H groups in total. The summed E-state index contributed by atoms with van der Waals surface area (Å²) >= 11 is 8.05. The van der Waals surface area contributed by atoms with Crippen molar-refractivity contribution in [3.05, 3.63) is 51.5 Å². The highest BCUT2D eigenvalue weighted by molar-refractivity contribution is 8.04. The smallest absolute Gasteiger partial charge is 0.259 e. The zero-order valence-corrected chi connectivity index (χ0v) is 18.8. The van der Waals surface area contributed by atoms with Gasteiger partial charge >= 0.3 is 0 Å². The van der Waals surface area contributed by atoms with Crippen LogP contribution in [0.3, 0.4) is 0 Å². The Bertz CT molecular complexity index is 818. The van der Waals surface area contributed by atoms with Crippen LogP contribution in [-0.4, -0.2) is 59.4 Å². The van der Waals surface area contributed by atoms with Crippen molar-refractivity contribution in [2.45, 2.75) is 30.2 Å². The second-order valence-corrected chi connectivity index (χ2v) is 11.2. The topological polar surface area (TPSA) is 35.6 Å². The lowest BCUT2D eigenvalue weighted by Crippen LogP contribution is -2.53. The first-order valence-electron chi connectivity index (χ1n) is 9.84. The summed E-state index contributed by atoms with van der Waals surface area (Å²) in [5.41, 5.74) is 2.46. The first-order chi connectivity index (χ1) is 13.6. The van der Waals surface area contributed by atoms with Crippen LogP contribution in [0.4, 0.5) is 0 Å². The monoisotopic (exact) mass is 436 g/mol. The lowest BCUT2D eigenvalue weighted by molar-refractivity contribution is 0.0611. The Morgan fingerprint density at radius 3 is 2.75 bits per heavy atom. The van der Waals surface area contributed by atoms with Gasteiger partial charge in [-0.05, 0) is 38.0 Å². The standard InChI is InChI=1S/C21H27ClN3OS2/c1-3-28(2)19-7-5-4-6-16(19)20(26)24-10-12-25(13-11-24)21-23-17-9-8-15(22)14-18(17)27-21/h4-7,14,21,23H,3,8-13H2,1-2H3/q+1. The van der Waals surface area contributed by atoms with E-state index in [4.69, 9.17) is 11.6 Å². The van der Waals surface area contributed by atoms with E-state index in [1.54, 1.807) is 0 Å². The minimum Gasteiger partial charge on any atom is -0.363 e. The Morgan fingerprint density at radius 2 is 2.00 bits per heavy atom. The molecule has 0 saturated carbocycles. The van der Waals surface area contributed by atoms with E-state index < -0.39 is 0 Å². The summed E-state index contributed by atoms with van der Waals surface area (Å²) < 4.78 is 0. The molecular weight excluding hydrogens is 410 g/mol. The number of carbonyl (C=O) groups excluding carboxylic acids is 1. The number of carbonyl (C=O) groups is 1. The van der Waals surface area contributed by atoms with Crippen molar-refractivity contribution in [1.82, 2.24) is 15.1 Å². The number of benzene rings is 1. The maximum Gasteiger partial charge on any atom is 0.259 e. The highest BCUT2D eigenvalue weighted by atomic mass is 35.5.